The highest BCUT2D eigenvalue weighted by molar-refractivity contribution is 7.99. The molecule has 0 aromatic carbocycles. The SMILES string of the molecule is CNC(C)c1ccc(SC2CCCC(C)C2)nc1. The minimum Gasteiger partial charge on any atom is -0.313 e. The van der Waals surface area contributed by atoms with Gasteiger partial charge < -0.3 is 5.32 Å². The van der Waals surface area contributed by atoms with E-state index in [1.54, 1.807) is 0 Å². The second-order valence-corrected chi connectivity index (χ2v) is 6.77. The molecular weight excluding hydrogens is 240 g/mol. The predicted octanol–water partition coefficient (Wildman–Crippen LogP) is 4.03. The molecule has 1 fully saturated rings. The molecule has 1 aromatic heterocycles. The van der Waals surface area contributed by atoms with Gasteiger partial charge in [0, 0.05) is 17.5 Å². The van der Waals surface area contributed by atoms with Crippen LogP contribution >= 0.6 is 11.8 Å². The number of thioether (sulfide) groups is 1. The fraction of sp³-hybridized carbons (Fsp3) is 0.667. The smallest absolute Gasteiger partial charge is 0.0962 e. The molecule has 1 N–H and O–H groups in total. The normalized spacial score (nSPS) is 25.9. The van der Waals surface area contributed by atoms with Gasteiger partial charge in [0.15, 0.2) is 0 Å². The van der Waals surface area contributed by atoms with Crippen molar-refractivity contribution >= 4 is 11.8 Å². The van der Waals surface area contributed by atoms with E-state index in [1.165, 1.54) is 36.3 Å². The van der Waals surface area contributed by atoms with Gasteiger partial charge in [0.2, 0.25) is 0 Å². The van der Waals surface area contributed by atoms with Gasteiger partial charge in [-0.3, -0.25) is 0 Å². The van der Waals surface area contributed by atoms with Crippen LogP contribution in [0, 0.1) is 5.92 Å². The van der Waals surface area contributed by atoms with E-state index in [4.69, 9.17) is 0 Å². The minimum atomic E-state index is 0.381. The number of rotatable bonds is 4. The Bertz CT molecular complexity index is 363. The van der Waals surface area contributed by atoms with Crippen molar-refractivity contribution in [3.8, 4) is 0 Å². The van der Waals surface area contributed by atoms with Crippen LogP contribution in [0.2, 0.25) is 0 Å². The van der Waals surface area contributed by atoms with Crippen molar-refractivity contribution in [2.75, 3.05) is 7.05 Å². The summed E-state index contributed by atoms with van der Waals surface area (Å²) >= 11 is 1.96. The average Bonchev–Trinajstić information content (AvgIpc) is 2.39. The molecule has 0 bridgehead atoms. The Hall–Kier alpha value is -0.540. The first-order chi connectivity index (χ1) is 8.69. The van der Waals surface area contributed by atoms with Crippen molar-refractivity contribution in [1.29, 1.82) is 0 Å². The van der Waals surface area contributed by atoms with Crippen LogP contribution in [-0.4, -0.2) is 17.3 Å². The zero-order chi connectivity index (χ0) is 13.0. The molecule has 2 rings (SSSR count). The van der Waals surface area contributed by atoms with Gasteiger partial charge >= 0.3 is 0 Å². The van der Waals surface area contributed by atoms with E-state index in [-0.39, 0.29) is 0 Å². The molecule has 0 radical (unpaired) electrons. The molecule has 18 heavy (non-hydrogen) atoms. The Morgan fingerprint density at radius 1 is 1.39 bits per heavy atom. The number of nitrogens with zero attached hydrogens (tertiary/aromatic N) is 1. The van der Waals surface area contributed by atoms with Crippen molar-refractivity contribution in [2.45, 2.75) is 55.8 Å². The van der Waals surface area contributed by atoms with Gasteiger partial charge in [0.25, 0.3) is 0 Å². The highest BCUT2D eigenvalue weighted by Crippen LogP contribution is 2.35. The molecule has 1 heterocycles. The molecule has 0 amide bonds. The monoisotopic (exact) mass is 264 g/mol. The fourth-order valence-electron chi connectivity index (χ4n) is 2.54. The molecule has 1 aromatic rings. The molecule has 0 aliphatic heterocycles. The van der Waals surface area contributed by atoms with Gasteiger partial charge in [-0.1, -0.05) is 25.8 Å². The first-order valence-corrected chi connectivity index (χ1v) is 7.87. The number of hydrogen-bond donors (Lipinski definition) is 1. The Morgan fingerprint density at radius 3 is 2.83 bits per heavy atom. The van der Waals surface area contributed by atoms with Crippen LogP contribution in [0.15, 0.2) is 23.4 Å². The Kier molecular flexibility index (Phi) is 5.07. The average molecular weight is 264 g/mol. The van der Waals surface area contributed by atoms with E-state index in [2.05, 4.69) is 36.3 Å². The lowest BCUT2D eigenvalue weighted by molar-refractivity contribution is 0.394. The first kappa shape index (κ1) is 13.9. The lowest BCUT2D eigenvalue weighted by atomic mass is 9.91. The number of hydrogen-bond acceptors (Lipinski definition) is 3. The van der Waals surface area contributed by atoms with Crippen LogP contribution in [0.5, 0.6) is 0 Å². The predicted molar refractivity (Wildman–Crippen MR) is 79.0 cm³/mol. The van der Waals surface area contributed by atoms with Crippen LogP contribution in [0.3, 0.4) is 0 Å². The zero-order valence-corrected chi connectivity index (χ0v) is 12.5. The summed E-state index contributed by atoms with van der Waals surface area (Å²) in [5, 5.41) is 5.19. The summed E-state index contributed by atoms with van der Waals surface area (Å²) in [5.41, 5.74) is 1.26. The van der Waals surface area contributed by atoms with Crippen molar-refractivity contribution in [2.24, 2.45) is 5.92 Å². The van der Waals surface area contributed by atoms with Gasteiger partial charge in [-0.15, -0.1) is 11.8 Å². The van der Waals surface area contributed by atoms with Gasteiger partial charge in [-0.25, -0.2) is 4.98 Å². The summed E-state index contributed by atoms with van der Waals surface area (Å²) in [6.45, 7) is 4.53. The maximum absolute atomic E-state index is 4.59. The van der Waals surface area contributed by atoms with Gasteiger partial charge in [0.1, 0.15) is 0 Å². The maximum Gasteiger partial charge on any atom is 0.0962 e. The molecule has 3 heteroatoms. The molecule has 1 aliphatic rings. The molecule has 1 saturated carbocycles. The topological polar surface area (TPSA) is 24.9 Å². The second-order valence-electron chi connectivity index (χ2n) is 5.45. The van der Waals surface area contributed by atoms with E-state index in [1.807, 2.05) is 25.0 Å². The highest BCUT2D eigenvalue weighted by Gasteiger charge is 2.20. The van der Waals surface area contributed by atoms with Crippen molar-refractivity contribution in [1.82, 2.24) is 10.3 Å². The molecule has 3 atom stereocenters. The van der Waals surface area contributed by atoms with Gasteiger partial charge in [0.05, 0.1) is 5.03 Å². The zero-order valence-electron chi connectivity index (χ0n) is 11.6. The standard InChI is InChI=1S/C15H24N2S/c1-11-5-4-6-14(9-11)18-15-8-7-13(10-17-15)12(2)16-3/h7-8,10-12,14,16H,4-6,9H2,1-3H3. The second kappa shape index (κ2) is 6.58. The Balaban J connectivity index is 1.93. The maximum atomic E-state index is 4.59. The lowest BCUT2D eigenvalue weighted by Crippen LogP contribution is -2.15. The lowest BCUT2D eigenvalue weighted by Gasteiger charge is -2.25. The molecule has 1 aliphatic carbocycles. The summed E-state index contributed by atoms with van der Waals surface area (Å²) in [6.07, 6.45) is 7.50. The summed E-state index contributed by atoms with van der Waals surface area (Å²) < 4.78 is 0. The molecule has 3 unspecified atom stereocenters. The van der Waals surface area contributed by atoms with Crippen molar-refractivity contribution < 1.29 is 0 Å². The largest absolute Gasteiger partial charge is 0.313 e. The summed E-state index contributed by atoms with van der Waals surface area (Å²) in [5.74, 6) is 0.889. The molecule has 100 valence electrons. The highest BCUT2D eigenvalue weighted by atomic mass is 32.2. The third-order valence-electron chi connectivity index (χ3n) is 3.87. The summed E-state index contributed by atoms with van der Waals surface area (Å²) in [6, 6.07) is 4.75. The van der Waals surface area contributed by atoms with E-state index >= 15 is 0 Å². The molecule has 2 nitrogen and oxygen atoms in total. The first-order valence-electron chi connectivity index (χ1n) is 6.99. The van der Waals surface area contributed by atoms with E-state index in [0.717, 1.165) is 11.2 Å². The van der Waals surface area contributed by atoms with Crippen LogP contribution in [0.1, 0.15) is 51.1 Å². The fourth-order valence-corrected chi connectivity index (χ4v) is 3.85. The van der Waals surface area contributed by atoms with Crippen molar-refractivity contribution in [3.63, 3.8) is 0 Å². The van der Waals surface area contributed by atoms with Crippen LogP contribution in [0.25, 0.3) is 0 Å². The summed E-state index contributed by atoms with van der Waals surface area (Å²) in [7, 11) is 1.98. The van der Waals surface area contributed by atoms with Crippen LogP contribution < -0.4 is 5.32 Å². The quantitative estimate of drug-likeness (QED) is 0.888. The summed E-state index contributed by atoms with van der Waals surface area (Å²) in [4.78, 5) is 4.59. The number of nitrogens with one attached hydrogen (secondary N) is 1. The Labute approximate surface area is 115 Å². The van der Waals surface area contributed by atoms with Crippen molar-refractivity contribution in [3.05, 3.63) is 23.9 Å². The molecule has 0 spiro atoms. The molecular formula is C15H24N2S. The van der Waals surface area contributed by atoms with E-state index < -0.39 is 0 Å². The van der Waals surface area contributed by atoms with E-state index in [9.17, 15) is 0 Å². The Morgan fingerprint density at radius 2 is 2.22 bits per heavy atom. The third kappa shape index (κ3) is 3.72. The minimum absolute atomic E-state index is 0.381. The van der Waals surface area contributed by atoms with Gasteiger partial charge in [-0.2, -0.15) is 0 Å². The number of aromatic nitrogens is 1. The van der Waals surface area contributed by atoms with E-state index in [0.29, 0.717) is 6.04 Å². The number of pyridine rings is 1. The van der Waals surface area contributed by atoms with Crippen LogP contribution in [-0.2, 0) is 0 Å². The third-order valence-corrected chi connectivity index (χ3v) is 5.11. The van der Waals surface area contributed by atoms with Gasteiger partial charge in [-0.05, 0) is 44.4 Å². The molecule has 0 saturated heterocycles. The van der Waals surface area contributed by atoms with Crippen LogP contribution in [0.4, 0.5) is 0 Å².